The van der Waals surface area contributed by atoms with Crippen molar-refractivity contribution in [3.8, 4) is 5.75 Å². The van der Waals surface area contributed by atoms with Gasteiger partial charge in [0, 0.05) is 18.0 Å². The first kappa shape index (κ1) is 14.3. The molecule has 0 radical (unpaired) electrons. The quantitative estimate of drug-likeness (QED) is 0.859. The van der Waals surface area contributed by atoms with E-state index in [0.717, 1.165) is 5.69 Å². The van der Waals surface area contributed by atoms with E-state index >= 15 is 0 Å². The van der Waals surface area contributed by atoms with E-state index in [9.17, 15) is 4.79 Å². The van der Waals surface area contributed by atoms with Crippen molar-refractivity contribution in [1.29, 1.82) is 0 Å². The van der Waals surface area contributed by atoms with E-state index in [4.69, 9.17) is 10.5 Å². The molecule has 0 spiro atoms. The summed E-state index contributed by atoms with van der Waals surface area (Å²) in [7, 11) is 1.74. The fourth-order valence-corrected chi connectivity index (χ4v) is 2.37. The summed E-state index contributed by atoms with van der Waals surface area (Å²) in [6.45, 7) is 2.91. The number of rotatable bonds is 5. The fraction of sp³-hybridized carbons (Fsp3) is 0.286. The number of carbonyl (C=O) groups excluding carboxylic acids is 1. The van der Waals surface area contributed by atoms with Crippen LogP contribution in [0.25, 0.3) is 0 Å². The maximum absolute atomic E-state index is 12.3. The van der Waals surface area contributed by atoms with Gasteiger partial charge in [-0.05, 0) is 25.1 Å². The SMILES string of the molecule is CCOc1ccc(C(=O)N(C)Cc2cscn2)cc1N. The van der Waals surface area contributed by atoms with Crippen LogP contribution in [0.5, 0.6) is 5.75 Å². The fourth-order valence-electron chi connectivity index (χ4n) is 1.82. The summed E-state index contributed by atoms with van der Waals surface area (Å²) < 4.78 is 5.36. The molecule has 0 saturated heterocycles. The van der Waals surface area contributed by atoms with Crippen molar-refractivity contribution in [1.82, 2.24) is 9.88 Å². The summed E-state index contributed by atoms with van der Waals surface area (Å²) in [4.78, 5) is 18.1. The molecule has 20 heavy (non-hydrogen) atoms. The van der Waals surface area contributed by atoms with Gasteiger partial charge in [0.25, 0.3) is 5.91 Å². The predicted octanol–water partition coefficient (Wildman–Crippen LogP) is 2.40. The Labute approximate surface area is 122 Å². The van der Waals surface area contributed by atoms with E-state index in [2.05, 4.69) is 4.98 Å². The van der Waals surface area contributed by atoms with Crippen LogP contribution in [0.3, 0.4) is 0 Å². The number of aromatic nitrogens is 1. The molecule has 0 aliphatic heterocycles. The summed E-state index contributed by atoms with van der Waals surface area (Å²) in [6.07, 6.45) is 0. The molecule has 0 aliphatic rings. The highest BCUT2D eigenvalue weighted by Crippen LogP contribution is 2.23. The molecule has 1 aromatic heterocycles. The van der Waals surface area contributed by atoms with Crippen LogP contribution in [0.1, 0.15) is 23.0 Å². The standard InChI is InChI=1S/C14H17N3O2S/c1-3-19-13-5-4-10(6-12(13)15)14(18)17(2)7-11-8-20-9-16-11/h4-6,8-9H,3,7,15H2,1-2H3. The topological polar surface area (TPSA) is 68.5 Å². The third kappa shape index (κ3) is 3.27. The average molecular weight is 291 g/mol. The Morgan fingerprint density at radius 2 is 2.30 bits per heavy atom. The van der Waals surface area contributed by atoms with Gasteiger partial charge in [-0.2, -0.15) is 0 Å². The number of ether oxygens (including phenoxy) is 1. The van der Waals surface area contributed by atoms with Crippen molar-refractivity contribution in [2.24, 2.45) is 0 Å². The highest BCUT2D eigenvalue weighted by atomic mass is 32.1. The summed E-state index contributed by atoms with van der Waals surface area (Å²) in [5.41, 5.74) is 9.52. The molecule has 0 fully saturated rings. The summed E-state index contributed by atoms with van der Waals surface area (Å²) in [6, 6.07) is 5.09. The second-order valence-electron chi connectivity index (χ2n) is 4.33. The number of carbonyl (C=O) groups is 1. The van der Waals surface area contributed by atoms with Crippen LogP contribution < -0.4 is 10.5 Å². The van der Waals surface area contributed by atoms with Crippen molar-refractivity contribution in [2.45, 2.75) is 13.5 Å². The minimum atomic E-state index is -0.0900. The van der Waals surface area contributed by atoms with Gasteiger partial charge >= 0.3 is 0 Å². The Morgan fingerprint density at radius 1 is 1.50 bits per heavy atom. The van der Waals surface area contributed by atoms with Gasteiger partial charge in [0.05, 0.1) is 30.0 Å². The lowest BCUT2D eigenvalue weighted by molar-refractivity contribution is 0.0783. The minimum Gasteiger partial charge on any atom is -0.492 e. The number of nitrogen functional groups attached to an aromatic ring is 1. The highest BCUT2D eigenvalue weighted by molar-refractivity contribution is 7.07. The van der Waals surface area contributed by atoms with Crippen molar-refractivity contribution in [2.75, 3.05) is 19.4 Å². The Bertz CT molecular complexity index is 584. The molecule has 0 atom stereocenters. The Kier molecular flexibility index (Phi) is 4.57. The second-order valence-corrected chi connectivity index (χ2v) is 5.05. The first-order valence-corrected chi connectivity index (χ1v) is 7.21. The number of nitrogens with two attached hydrogens (primary N) is 1. The monoisotopic (exact) mass is 291 g/mol. The third-order valence-electron chi connectivity index (χ3n) is 2.79. The molecule has 5 nitrogen and oxygen atoms in total. The maximum Gasteiger partial charge on any atom is 0.254 e. The van der Waals surface area contributed by atoms with Gasteiger partial charge in [0.2, 0.25) is 0 Å². The molecule has 0 aliphatic carbocycles. The largest absolute Gasteiger partial charge is 0.492 e. The first-order chi connectivity index (χ1) is 9.61. The van der Waals surface area contributed by atoms with Gasteiger partial charge in [-0.3, -0.25) is 4.79 Å². The molecule has 1 heterocycles. The van der Waals surface area contributed by atoms with Gasteiger partial charge < -0.3 is 15.4 Å². The van der Waals surface area contributed by atoms with E-state index in [1.54, 1.807) is 35.7 Å². The van der Waals surface area contributed by atoms with E-state index in [1.165, 1.54) is 11.3 Å². The number of hydrogen-bond acceptors (Lipinski definition) is 5. The highest BCUT2D eigenvalue weighted by Gasteiger charge is 2.14. The van der Waals surface area contributed by atoms with Gasteiger partial charge in [-0.25, -0.2) is 4.98 Å². The van der Waals surface area contributed by atoms with Crippen LogP contribution in [-0.4, -0.2) is 29.4 Å². The lowest BCUT2D eigenvalue weighted by Gasteiger charge is -2.16. The smallest absolute Gasteiger partial charge is 0.254 e. The Hall–Kier alpha value is -2.08. The zero-order valence-corrected chi connectivity index (χ0v) is 12.3. The van der Waals surface area contributed by atoms with Gasteiger partial charge in [-0.15, -0.1) is 11.3 Å². The van der Waals surface area contributed by atoms with E-state index in [1.807, 2.05) is 12.3 Å². The number of benzene rings is 1. The van der Waals surface area contributed by atoms with Crippen molar-refractivity contribution >= 4 is 22.9 Å². The molecule has 2 rings (SSSR count). The van der Waals surface area contributed by atoms with Crippen LogP contribution in [-0.2, 0) is 6.54 Å². The number of nitrogens with zero attached hydrogens (tertiary/aromatic N) is 2. The molecular formula is C14H17N3O2S. The maximum atomic E-state index is 12.3. The van der Waals surface area contributed by atoms with E-state index in [0.29, 0.717) is 30.2 Å². The number of amides is 1. The van der Waals surface area contributed by atoms with Crippen molar-refractivity contribution in [3.63, 3.8) is 0 Å². The lowest BCUT2D eigenvalue weighted by Crippen LogP contribution is -2.26. The molecule has 0 saturated carbocycles. The molecule has 6 heteroatoms. The van der Waals surface area contributed by atoms with E-state index in [-0.39, 0.29) is 5.91 Å². The lowest BCUT2D eigenvalue weighted by atomic mass is 10.1. The first-order valence-electron chi connectivity index (χ1n) is 6.26. The average Bonchev–Trinajstić information content (AvgIpc) is 2.93. The molecule has 0 unspecified atom stereocenters. The Balaban J connectivity index is 2.10. The predicted molar refractivity (Wildman–Crippen MR) is 79.9 cm³/mol. The van der Waals surface area contributed by atoms with Crippen LogP contribution in [0.15, 0.2) is 29.1 Å². The van der Waals surface area contributed by atoms with Gasteiger partial charge in [0.15, 0.2) is 0 Å². The molecular weight excluding hydrogens is 274 g/mol. The number of hydrogen-bond donors (Lipinski definition) is 1. The normalized spacial score (nSPS) is 10.3. The Morgan fingerprint density at radius 3 is 2.90 bits per heavy atom. The zero-order chi connectivity index (χ0) is 14.5. The van der Waals surface area contributed by atoms with Gasteiger partial charge in [-0.1, -0.05) is 0 Å². The van der Waals surface area contributed by atoms with Crippen molar-refractivity contribution < 1.29 is 9.53 Å². The molecule has 2 aromatic rings. The zero-order valence-electron chi connectivity index (χ0n) is 11.5. The van der Waals surface area contributed by atoms with Crippen molar-refractivity contribution in [3.05, 3.63) is 40.3 Å². The van der Waals surface area contributed by atoms with Crippen LogP contribution in [0.2, 0.25) is 0 Å². The summed E-state index contributed by atoms with van der Waals surface area (Å²) >= 11 is 1.51. The molecule has 2 N–H and O–H groups in total. The molecule has 106 valence electrons. The molecule has 0 bridgehead atoms. The number of thiazole rings is 1. The van der Waals surface area contributed by atoms with E-state index < -0.39 is 0 Å². The van der Waals surface area contributed by atoms with Crippen LogP contribution >= 0.6 is 11.3 Å². The number of anilines is 1. The minimum absolute atomic E-state index is 0.0900. The molecule has 1 amide bonds. The van der Waals surface area contributed by atoms with Crippen LogP contribution in [0.4, 0.5) is 5.69 Å². The second kappa shape index (κ2) is 6.38. The third-order valence-corrected chi connectivity index (χ3v) is 3.42. The van der Waals surface area contributed by atoms with Crippen LogP contribution in [0, 0.1) is 0 Å². The summed E-state index contributed by atoms with van der Waals surface area (Å²) in [5, 5.41) is 1.93. The molecule has 1 aromatic carbocycles. The van der Waals surface area contributed by atoms with Gasteiger partial charge in [0.1, 0.15) is 5.75 Å². The summed E-state index contributed by atoms with van der Waals surface area (Å²) in [5.74, 6) is 0.513.